The van der Waals surface area contributed by atoms with E-state index in [4.69, 9.17) is 23.8 Å². The molecule has 1 saturated heterocycles. The summed E-state index contributed by atoms with van der Waals surface area (Å²) >= 11 is 12.1. The summed E-state index contributed by atoms with van der Waals surface area (Å²) in [5, 5.41) is 2.44. The number of nitrogens with zero attached hydrogens (tertiary/aromatic N) is 2. The summed E-state index contributed by atoms with van der Waals surface area (Å²) in [6.07, 6.45) is 0.651. The quantitative estimate of drug-likeness (QED) is 0.625. The predicted molar refractivity (Wildman–Crippen MR) is 116 cm³/mol. The van der Waals surface area contributed by atoms with Gasteiger partial charge in [0.25, 0.3) is 5.91 Å². The van der Waals surface area contributed by atoms with Crippen molar-refractivity contribution in [1.82, 2.24) is 14.8 Å². The van der Waals surface area contributed by atoms with Crippen LogP contribution in [0.2, 0.25) is 5.02 Å². The molecule has 0 spiro atoms. The molecule has 0 bridgehead atoms. The highest BCUT2D eigenvalue weighted by Crippen LogP contribution is 2.44. The number of para-hydroxylation sites is 1. The van der Waals surface area contributed by atoms with E-state index < -0.39 is 0 Å². The van der Waals surface area contributed by atoms with Crippen LogP contribution in [0, 0.1) is 0 Å². The molecule has 0 radical (unpaired) electrons. The van der Waals surface area contributed by atoms with Gasteiger partial charge in [0.05, 0.1) is 6.04 Å². The van der Waals surface area contributed by atoms with Gasteiger partial charge in [0.15, 0.2) is 5.11 Å². The Bertz CT molecular complexity index is 1120. The molecule has 142 valence electrons. The Morgan fingerprint density at radius 2 is 1.96 bits per heavy atom. The second-order valence-electron chi connectivity index (χ2n) is 7.73. The average molecular weight is 410 g/mol. The molecule has 1 fully saturated rings. The molecule has 2 atom stereocenters. The van der Waals surface area contributed by atoms with Crippen molar-refractivity contribution in [2.45, 2.75) is 38.4 Å². The summed E-state index contributed by atoms with van der Waals surface area (Å²) < 4.78 is 0. The lowest BCUT2D eigenvalue weighted by atomic mass is 9.89. The fourth-order valence-electron chi connectivity index (χ4n) is 4.59. The molecular formula is C22H20ClN3OS. The molecule has 28 heavy (non-hydrogen) atoms. The number of benzene rings is 2. The van der Waals surface area contributed by atoms with Gasteiger partial charge >= 0.3 is 0 Å². The molecule has 3 aromatic rings. The summed E-state index contributed by atoms with van der Waals surface area (Å²) in [7, 11) is 0. The van der Waals surface area contributed by atoms with E-state index in [0.29, 0.717) is 16.6 Å². The fraction of sp³-hybridized carbons (Fsp3) is 0.273. The Kier molecular flexibility index (Phi) is 4.00. The number of amides is 1. The first-order valence-corrected chi connectivity index (χ1v) is 10.3. The molecule has 2 unspecified atom stereocenters. The van der Waals surface area contributed by atoms with Gasteiger partial charge in [-0.15, -0.1) is 0 Å². The van der Waals surface area contributed by atoms with E-state index in [1.807, 2.05) is 44.2 Å². The topological polar surface area (TPSA) is 39.3 Å². The normalized spacial score (nSPS) is 21.6. The minimum absolute atomic E-state index is 0.0284. The number of H-pyrrole nitrogens is 1. The van der Waals surface area contributed by atoms with Gasteiger partial charge in [-0.05, 0) is 55.4 Å². The number of aromatic nitrogens is 1. The lowest BCUT2D eigenvalue weighted by molar-refractivity contribution is -0.129. The Morgan fingerprint density at radius 1 is 1.18 bits per heavy atom. The van der Waals surface area contributed by atoms with Gasteiger partial charge in [-0.2, -0.15) is 0 Å². The molecule has 1 N–H and O–H groups in total. The van der Waals surface area contributed by atoms with E-state index >= 15 is 0 Å². The van der Waals surface area contributed by atoms with Crippen molar-refractivity contribution in [2.75, 3.05) is 0 Å². The zero-order valence-electron chi connectivity index (χ0n) is 15.6. The molecule has 5 rings (SSSR count). The smallest absolute Gasteiger partial charge is 0.252 e. The molecule has 2 aliphatic heterocycles. The molecule has 2 aliphatic rings. The largest absolute Gasteiger partial charge is 0.356 e. The van der Waals surface area contributed by atoms with Crippen LogP contribution in [0.25, 0.3) is 10.9 Å². The lowest BCUT2D eigenvalue weighted by Gasteiger charge is -2.37. The van der Waals surface area contributed by atoms with Crippen LogP contribution < -0.4 is 0 Å². The zero-order chi connectivity index (χ0) is 19.6. The van der Waals surface area contributed by atoms with Crippen molar-refractivity contribution >= 4 is 45.7 Å². The van der Waals surface area contributed by atoms with Crippen LogP contribution in [0.5, 0.6) is 0 Å². The molecule has 1 amide bonds. The van der Waals surface area contributed by atoms with Gasteiger partial charge in [0.2, 0.25) is 0 Å². The number of hydrogen-bond donors (Lipinski definition) is 1. The van der Waals surface area contributed by atoms with Gasteiger partial charge < -0.3 is 9.88 Å². The van der Waals surface area contributed by atoms with Crippen LogP contribution in [-0.2, 0) is 11.2 Å². The first-order chi connectivity index (χ1) is 13.5. The van der Waals surface area contributed by atoms with Crippen LogP contribution in [-0.4, -0.2) is 37.9 Å². The number of halogens is 1. The van der Waals surface area contributed by atoms with E-state index in [2.05, 4.69) is 28.1 Å². The van der Waals surface area contributed by atoms with Crippen LogP contribution in [0.4, 0.5) is 0 Å². The molecule has 0 aliphatic carbocycles. The SMILES string of the molecule is CC(C)N1C(=O)C2Cc3c([nH]c4ccccc34)C(c3cccc(Cl)c3)N2C1=S. The highest BCUT2D eigenvalue weighted by molar-refractivity contribution is 7.80. The number of nitrogens with one attached hydrogen (secondary N) is 1. The van der Waals surface area contributed by atoms with E-state index in [0.717, 1.165) is 16.8 Å². The number of fused-ring (bicyclic) bond motifs is 4. The van der Waals surface area contributed by atoms with E-state index in [1.165, 1.54) is 10.9 Å². The second-order valence-corrected chi connectivity index (χ2v) is 8.53. The minimum Gasteiger partial charge on any atom is -0.356 e. The maximum Gasteiger partial charge on any atom is 0.252 e. The Morgan fingerprint density at radius 3 is 2.71 bits per heavy atom. The summed E-state index contributed by atoms with van der Waals surface area (Å²) in [6, 6.07) is 15.7. The number of aromatic amines is 1. The molecule has 4 nitrogen and oxygen atoms in total. The van der Waals surface area contributed by atoms with Crippen LogP contribution in [0.1, 0.15) is 36.7 Å². The highest BCUT2D eigenvalue weighted by atomic mass is 35.5. The van der Waals surface area contributed by atoms with E-state index in [9.17, 15) is 4.79 Å². The number of carbonyl (C=O) groups excluding carboxylic acids is 1. The van der Waals surface area contributed by atoms with Crippen molar-refractivity contribution in [3.63, 3.8) is 0 Å². The van der Waals surface area contributed by atoms with Crippen molar-refractivity contribution in [3.8, 4) is 0 Å². The minimum atomic E-state index is -0.286. The van der Waals surface area contributed by atoms with Crippen molar-refractivity contribution < 1.29 is 4.79 Å². The van der Waals surface area contributed by atoms with Crippen molar-refractivity contribution in [1.29, 1.82) is 0 Å². The van der Waals surface area contributed by atoms with Gasteiger partial charge in [-0.3, -0.25) is 9.69 Å². The second kappa shape index (κ2) is 6.33. The summed E-state index contributed by atoms with van der Waals surface area (Å²) in [6.45, 7) is 4.01. The standard InChI is InChI=1S/C22H20ClN3OS/c1-12(2)25-21(27)18-11-16-15-8-3-4-9-17(15)24-19(16)20(26(18)22(25)28)13-6-5-7-14(23)10-13/h3-10,12,18,20,24H,11H2,1-2H3. The first-order valence-electron chi connectivity index (χ1n) is 9.47. The highest BCUT2D eigenvalue weighted by Gasteiger charge is 2.51. The molecule has 6 heteroatoms. The van der Waals surface area contributed by atoms with Crippen LogP contribution in [0.15, 0.2) is 48.5 Å². The van der Waals surface area contributed by atoms with Crippen LogP contribution >= 0.6 is 23.8 Å². The van der Waals surface area contributed by atoms with E-state index in [1.54, 1.807) is 4.90 Å². The summed E-state index contributed by atoms with van der Waals surface area (Å²) in [5.74, 6) is 0.0861. The summed E-state index contributed by atoms with van der Waals surface area (Å²) in [5.41, 5.74) is 4.41. The molecular weight excluding hydrogens is 390 g/mol. The predicted octanol–water partition coefficient (Wildman–Crippen LogP) is 4.67. The third-order valence-electron chi connectivity index (χ3n) is 5.76. The molecule has 3 heterocycles. The number of rotatable bonds is 2. The number of thiocarbonyl (C=S) groups is 1. The molecule has 0 saturated carbocycles. The third-order valence-corrected chi connectivity index (χ3v) is 6.40. The van der Waals surface area contributed by atoms with E-state index in [-0.39, 0.29) is 24.0 Å². The fourth-order valence-corrected chi connectivity index (χ4v) is 5.33. The monoisotopic (exact) mass is 409 g/mol. The lowest BCUT2D eigenvalue weighted by Crippen LogP contribution is -2.44. The Hall–Kier alpha value is -2.37. The third kappa shape index (κ3) is 2.43. The Labute approximate surface area is 174 Å². The van der Waals surface area contributed by atoms with Gasteiger partial charge in [-0.1, -0.05) is 41.9 Å². The molecule has 1 aromatic heterocycles. The van der Waals surface area contributed by atoms with Gasteiger partial charge in [0, 0.05) is 34.1 Å². The zero-order valence-corrected chi connectivity index (χ0v) is 17.2. The number of hydrogen-bond acceptors (Lipinski definition) is 2. The molecule has 2 aromatic carbocycles. The Balaban J connectivity index is 1.76. The summed E-state index contributed by atoms with van der Waals surface area (Å²) in [4.78, 5) is 20.7. The maximum absolute atomic E-state index is 13.3. The number of carbonyl (C=O) groups is 1. The van der Waals surface area contributed by atoms with Crippen LogP contribution in [0.3, 0.4) is 0 Å². The first kappa shape index (κ1) is 17.7. The average Bonchev–Trinajstić information content (AvgIpc) is 3.15. The van der Waals surface area contributed by atoms with Crippen molar-refractivity contribution in [3.05, 3.63) is 70.4 Å². The van der Waals surface area contributed by atoms with Crippen molar-refractivity contribution in [2.24, 2.45) is 0 Å². The van der Waals surface area contributed by atoms with Gasteiger partial charge in [0.1, 0.15) is 6.04 Å². The maximum atomic E-state index is 13.3. The van der Waals surface area contributed by atoms with Gasteiger partial charge in [-0.25, -0.2) is 0 Å².